The van der Waals surface area contributed by atoms with Crippen LogP contribution in [0.2, 0.25) is 0 Å². The van der Waals surface area contributed by atoms with Crippen molar-refractivity contribution < 1.29 is 4.79 Å². The number of carbonyl (C=O) groups is 1. The van der Waals surface area contributed by atoms with Crippen LogP contribution < -0.4 is 5.32 Å². The Bertz CT molecular complexity index is 1030. The third kappa shape index (κ3) is 2.76. The van der Waals surface area contributed by atoms with Crippen molar-refractivity contribution in [3.63, 3.8) is 0 Å². The molecule has 2 aromatic heterocycles. The van der Waals surface area contributed by atoms with Crippen molar-refractivity contribution in [2.45, 2.75) is 13.3 Å². The van der Waals surface area contributed by atoms with Gasteiger partial charge in [-0.25, -0.2) is 4.98 Å². The molecule has 0 spiro atoms. The number of rotatable bonds is 4. The minimum Gasteiger partial charge on any atom is -0.359 e. The predicted molar refractivity (Wildman–Crippen MR) is 95.2 cm³/mol. The molecule has 2 aromatic carbocycles. The van der Waals surface area contributed by atoms with Crippen molar-refractivity contribution in [2.75, 3.05) is 6.54 Å². The summed E-state index contributed by atoms with van der Waals surface area (Å²) in [6, 6.07) is 14.0. The number of nitrogens with zero attached hydrogens (tertiary/aromatic N) is 1. The molecule has 0 aliphatic carbocycles. The zero-order chi connectivity index (χ0) is 16.5. The molecule has 2 heterocycles. The maximum atomic E-state index is 12.3. The number of hydrogen-bond donors (Lipinski definition) is 3. The summed E-state index contributed by atoms with van der Waals surface area (Å²) in [5.41, 5.74) is 5.89. The van der Waals surface area contributed by atoms with E-state index in [1.807, 2.05) is 12.1 Å². The first-order chi connectivity index (χ1) is 11.7. The van der Waals surface area contributed by atoms with Gasteiger partial charge < -0.3 is 15.3 Å². The van der Waals surface area contributed by atoms with E-state index in [9.17, 15) is 4.79 Å². The minimum atomic E-state index is -0.0648. The van der Waals surface area contributed by atoms with Crippen molar-refractivity contribution in [1.29, 1.82) is 0 Å². The maximum Gasteiger partial charge on any atom is 0.251 e. The molecule has 24 heavy (non-hydrogen) atoms. The molecule has 1 amide bonds. The second kappa shape index (κ2) is 5.85. The first-order valence-electron chi connectivity index (χ1n) is 7.99. The standard InChI is InChI=1S/C19H18N4O/c1-12-8-15-9-13(2-4-16(15)23-12)6-7-20-19(24)14-3-5-17-18(10-14)22-11-21-17/h2-5,8-11,23H,6-7H2,1H3,(H,20,24)(H,21,22). The Kier molecular flexibility index (Phi) is 3.54. The highest BCUT2D eigenvalue weighted by Gasteiger charge is 2.07. The van der Waals surface area contributed by atoms with Crippen LogP contribution in [0.1, 0.15) is 21.6 Å². The Balaban J connectivity index is 1.40. The molecule has 5 nitrogen and oxygen atoms in total. The molecule has 0 unspecified atom stereocenters. The van der Waals surface area contributed by atoms with E-state index < -0.39 is 0 Å². The third-order valence-electron chi connectivity index (χ3n) is 4.20. The summed E-state index contributed by atoms with van der Waals surface area (Å²) in [5, 5.41) is 4.19. The van der Waals surface area contributed by atoms with Crippen LogP contribution in [0.5, 0.6) is 0 Å². The maximum absolute atomic E-state index is 12.3. The molecule has 3 N–H and O–H groups in total. The smallest absolute Gasteiger partial charge is 0.251 e. The lowest BCUT2D eigenvalue weighted by atomic mass is 10.1. The molecule has 0 aliphatic heterocycles. The number of amides is 1. The topological polar surface area (TPSA) is 73.6 Å². The predicted octanol–water partition coefficient (Wildman–Crippen LogP) is 3.33. The fraction of sp³-hybridized carbons (Fsp3) is 0.158. The molecule has 120 valence electrons. The largest absolute Gasteiger partial charge is 0.359 e. The molecule has 4 rings (SSSR count). The number of aromatic nitrogens is 3. The Labute approximate surface area is 139 Å². The van der Waals surface area contributed by atoms with E-state index in [0.29, 0.717) is 12.1 Å². The number of benzene rings is 2. The van der Waals surface area contributed by atoms with E-state index in [0.717, 1.165) is 28.7 Å². The quantitative estimate of drug-likeness (QED) is 0.540. The summed E-state index contributed by atoms with van der Waals surface area (Å²) in [6.45, 7) is 2.66. The van der Waals surface area contributed by atoms with Gasteiger partial charge in [0.1, 0.15) is 0 Å². The Morgan fingerprint density at radius 1 is 1.12 bits per heavy atom. The van der Waals surface area contributed by atoms with E-state index in [1.54, 1.807) is 12.4 Å². The summed E-state index contributed by atoms with van der Waals surface area (Å²) in [4.78, 5) is 22.8. The molecule has 0 radical (unpaired) electrons. The van der Waals surface area contributed by atoms with Gasteiger partial charge in [0.15, 0.2) is 0 Å². The summed E-state index contributed by atoms with van der Waals surface area (Å²) >= 11 is 0. The van der Waals surface area contributed by atoms with Crippen LogP contribution in [-0.2, 0) is 6.42 Å². The second-order valence-corrected chi connectivity index (χ2v) is 6.01. The van der Waals surface area contributed by atoms with Gasteiger partial charge >= 0.3 is 0 Å². The number of hydrogen-bond acceptors (Lipinski definition) is 2. The van der Waals surface area contributed by atoms with Crippen molar-refractivity contribution in [3.05, 3.63) is 65.6 Å². The van der Waals surface area contributed by atoms with Crippen LogP contribution in [0, 0.1) is 6.92 Å². The van der Waals surface area contributed by atoms with E-state index in [1.165, 1.54) is 10.9 Å². The van der Waals surface area contributed by atoms with Gasteiger partial charge in [0.05, 0.1) is 17.4 Å². The highest BCUT2D eigenvalue weighted by Crippen LogP contribution is 2.17. The Hall–Kier alpha value is -3.08. The molecule has 0 bridgehead atoms. The van der Waals surface area contributed by atoms with Crippen LogP contribution >= 0.6 is 0 Å². The van der Waals surface area contributed by atoms with Gasteiger partial charge in [0, 0.05) is 23.3 Å². The SMILES string of the molecule is Cc1cc2cc(CCNC(=O)c3ccc4nc[nH]c4c3)ccc2[nH]1. The van der Waals surface area contributed by atoms with Crippen LogP contribution in [0.3, 0.4) is 0 Å². The Morgan fingerprint density at radius 2 is 2.04 bits per heavy atom. The molecular formula is C19H18N4O. The number of aromatic amines is 2. The number of fused-ring (bicyclic) bond motifs is 2. The zero-order valence-corrected chi connectivity index (χ0v) is 13.4. The number of H-pyrrole nitrogens is 2. The number of nitrogens with one attached hydrogen (secondary N) is 3. The van der Waals surface area contributed by atoms with Gasteiger partial charge in [0.2, 0.25) is 0 Å². The highest BCUT2D eigenvalue weighted by molar-refractivity contribution is 5.97. The number of imidazole rings is 1. The van der Waals surface area contributed by atoms with Crippen molar-refractivity contribution in [1.82, 2.24) is 20.3 Å². The zero-order valence-electron chi connectivity index (χ0n) is 13.4. The lowest BCUT2D eigenvalue weighted by Gasteiger charge is -2.06. The van der Waals surface area contributed by atoms with Crippen LogP contribution in [0.25, 0.3) is 21.9 Å². The van der Waals surface area contributed by atoms with Crippen LogP contribution in [0.4, 0.5) is 0 Å². The van der Waals surface area contributed by atoms with Gasteiger partial charge in [-0.05, 0) is 60.7 Å². The third-order valence-corrected chi connectivity index (χ3v) is 4.20. The number of aryl methyl sites for hydroxylation is 1. The fourth-order valence-electron chi connectivity index (χ4n) is 2.98. The van der Waals surface area contributed by atoms with E-state index in [4.69, 9.17) is 0 Å². The van der Waals surface area contributed by atoms with E-state index >= 15 is 0 Å². The van der Waals surface area contributed by atoms with Crippen molar-refractivity contribution in [3.8, 4) is 0 Å². The average Bonchev–Trinajstić information content (AvgIpc) is 3.18. The van der Waals surface area contributed by atoms with Gasteiger partial charge in [-0.2, -0.15) is 0 Å². The lowest BCUT2D eigenvalue weighted by Crippen LogP contribution is -2.25. The lowest BCUT2D eigenvalue weighted by molar-refractivity contribution is 0.0954. The van der Waals surface area contributed by atoms with Crippen molar-refractivity contribution in [2.24, 2.45) is 0 Å². The summed E-state index contributed by atoms with van der Waals surface area (Å²) in [5.74, 6) is -0.0648. The van der Waals surface area contributed by atoms with Gasteiger partial charge in [-0.15, -0.1) is 0 Å². The molecule has 0 atom stereocenters. The average molecular weight is 318 g/mol. The van der Waals surface area contributed by atoms with Crippen LogP contribution in [0.15, 0.2) is 48.8 Å². The van der Waals surface area contributed by atoms with Gasteiger partial charge in [0.25, 0.3) is 5.91 Å². The highest BCUT2D eigenvalue weighted by atomic mass is 16.1. The summed E-state index contributed by atoms with van der Waals surface area (Å²) in [6.07, 6.45) is 2.43. The molecular weight excluding hydrogens is 300 g/mol. The molecule has 5 heteroatoms. The Morgan fingerprint density at radius 3 is 2.96 bits per heavy atom. The molecule has 0 saturated heterocycles. The fourth-order valence-corrected chi connectivity index (χ4v) is 2.98. The van der Waals surface area contributed by atoms with Crippen molar-refractivity contribution >= 4 is 27.8 Å². The summed E-state index contributed by atoms with van der Waals surface area (Å²) in [7, 11) is 0. The van der Waals surface area contributed by atoms with Gasteiger partial charge in [-0.1, -0.05) is 6.07 Å². The van der Waals surface area contributed by atoms with E-state index in [-0.39, 0.29) is 5.91 Å². The second-order valence-electron chi connectivity index (χ2n) is 6.01. The van der Waals surface area contributed by atoms with Gasteiger partial charge in [-0.3, -0.25) is 4.79 Å². The molecule has 0 fully saturated rings. The first kappa shape index (κ1) is 14.5. The van der Waals surface area contributed by atoms with Crippen LogP contribution in [-0.4, -0.2) is 27.4 Å². The van der Waals surface area contributed by atoms with E-state index in [2.05, 4.69) is 51.5 Å². The molecule has 0 aliphatic rings. The number of carbonyl (C=O) groups excluding carboxylic acids is 1. The minimum absolute atomic E-state index is 0.0648. The normalized spacial score (nSPS) is 11.2. The molecule has 4 aromatic rings. The summed E-state index contributed by atoms with van der Waals surface area (Å²) < 4.78 is 0. The first-order valence-corrected chi connectivity index (χ1v) is 7.99. The monoisotopic (exact) mass is 318 g/mol. The molecule has 0 saturated carbocycles.